The van der Waals surface area contributed by atoms with Gasteiger partial charge in [-0.3, -0.25) is 0 Å². The standard InChI is InChI=1S/C16H18ClN3O/c1-10-3-8-15(14(17)9-10)19-11(2)12-4-6-13(7-5-12)20-16(18)21/h3-9,11,19H,1-2H3,(H3,18,20,21). The van der Waals surface area contributed by atoms with Gasteiger partial charge in [-0.05, 0) is 49.2 Å². The first-order valence-corrected chi connectivity index (χ1v) is 7.02. The number of carbonyl (C=O) groups excluding carboxylic acids is 1. The van der Waals surface area contributed by atoms with Crippen LogP contribution in [-0.2, 0) is 0 Å². The van der Waals surface area contributed by atoms with E-state index in [0.717, 1.165) is 16.8 Å². The van der Waals surface area contributed by atoms with Crippen LogP contribution in [-0.4, -0.2) is 6.03 Å². The maximum atomic E-state index is 10.8. The molecule has 2 aromatic rings. The van der Waals surface area contributed by atoms with E-state index in [1.807, 2.05) is 56.3 Å². The molecule has 4 nitrogen and oxygen atoms in total. The second-order valence-electron chi connectivity index (χ2n) is 4.96. The number of carbonyl (C=O) groups is 1. The van der Waals surface area contributed by atoms with E-state index in [9.17, 15) is 4.79 Å². The maximum Gasteiger partial charge on any atom is 0.316 e. The van der Waals surface area contributed by atoms with Crippen molar-refractivity contribution < 1.29 is 4.79 Å². The lowest BCUT2D eigenvalue weighted by Crippen LogP contribution is -2.19. The molecule has 2 rings (SSSR count). The van der Waals surface area contributed by atoms with Gasteiger partial charge >= 0.3 is 6.03 Å². The van der Waals surface area contributed by atoms with Crippen molar-refractivity contribution >= 4 is 29.0 Å². The number of primary amides is 1. The van der Waals surface area contributed by atoms with Gasteiger partial charge < -0.3 is 16.4 Å². The van der Waals surface area contributed by atoms with Crippen molar-refractivity contribution in [2.75, 3.05) is 10.6 Å². The van der Waals surface area contributed by atoms with Crippen LogP contribution in [0.1, 0.15) is 24.1 Å². The minimum Gasteiger partial charge on any atom is -0.377 e. The van der Waals surface area contributed by atoms with Crippen LogP contribution >= 0.6 is 11.6 Å². The Hall–Kier alpha value is -2.20. The molecule has 110 valence electrons. The van der Waals surface area contributed by atoms with E-state index in [2.05, 4.69) is 10.6 Å². The Morgan fingerprint density at radius 1 is 1.19 bits per heavy atom. The second kappa shape index (κ2) is 6.50. The highest BCUT2D eigenvalue weighted by molar-refractivity contribution is 6.33. The van der Waals surface area contributed by atoms with Crippen LogP contribution < -0.4 is 16.4 Å². The highest BCUT2D eigenvalue weighted by Gasteiger charge is 2.08. The maximum absolute atomic E-state index is 10.8. The summed E-state index contributed by atoms with van der Waals surface area (Å²) in [7, 11) is 0. The Bertz CT molecular complexity index is 640. The van der Waals surface area contributed by atoms with Gasteiger partial charge in [0, 0.05) is 11.7 Å². The molecule has 0 aliphatic heterocycles. The topological polar surface area (TPSA) is 67.2 Å². The quantitative estimate of drug-likeness (QED) is 0.787. The van der Waals surface area contributed by atoms with Gasteiger partial charge in [-0.25, -0.2) is 4.79 Å². The summed E-state index contributed by atoms with van der Waals surface area (Å²) in [5.41, 5.74) is 8.86. The molecule has 4 N–H and O–H groups in total. The lowest BCUT2D eigenvalue weighted by Gasteiger charge is -2.17. The fraction of sp³-hybridized carbons (Fsp3) is 0.188. The lowest BCUT2D eigenvalue weighted by atomic mass is 10.1. The zero-order chi connectivity index (χ0) is 15.4. The largest absolute Gasteiger partial charge is 0.377 e. The average molecular weight is 304 g/mol. The predicted octanol–water partition coefficient (Wildman–Crippen LogP) is 4.31. The van der Waals surface area contributed by atoms with Crippen LogP contribution in [0.25, 0.3) is 0 Å². The molecule has 0 bridgehead atoms. The molecule has 1 atom stereocenters. The minimum atomic E-state index is -0.569. The Morgan fingerprint density at radius 3 is 2.43 bits per heavy atom. The number of halogens is 1. The third kappa shape index (κ3) is 4.13. The van der Waals surface area contributed by atoms with E-state index in [0.29, 0.717) is 10.7 Å². The smallest absolute Gasteiger partial charge is 0.316 e. The third-order valence-electron chi connectivity index (χ3n) is 3.17. The van der Waals surface area contributed by atoms with Crippen molar-refractivity contribution in [1.29, 1.82) is 0 Å². The number of anilines is 2. The molecule has 2 aromatic carbocycles. The van der Waals surface area contributed by atoms with E-state index in [-0.39, 0.29) is 6.04 Å². The van der Waals surface area contributed by atoms with Crippen molar-refractivity contribution in [2.24, 2.45) is 5.73 Å². The number of nitrogens with two attached hydrogens (primary N) is 1. The molecule has 0 aliphatic carbocycles. The van der Waals surface area contributed by atoms with Crippen LogP contribution in [0.3, 0.4) is 0 Å². The molecule has 0 saturated carbocycles. The summed E-state index contributed by atoms with van der Waals surface area (Å²) >= 11 is 6.22. The van der Waals surface area contributed by atoms with E-state index < -0.39 is 6.03 Å². The third-order valence-corrected chi connectivity index (χ3v) is 3.49. The summed E-state index contributed by atoms with van der Waals surface area (Å²) in [5.74, 6) is 0. The summed E-state index contributed by atoms with van der Waals surface area (Å²) in [4.78, 5) is 10.8. The first-order chi connectivity index (χ1) is 9.95. The van der Waals surface area contributed by atoms with Crippen LogP contribution in [0.15, 0.2) is 42.5 Å². The molecule has 0 saturated heterocycles. The molecule has 0 radical (unpaired) electrons. The highest BCUT2D eigenvalue weighted by atomic mass is 35.5. The fourth-order valence-corrected chi connectivity index (χ4v) is 2.34. The van der Waals surface area contributed by atoms with E-state index in [1.54, 1.807) is 0 Å². The Kier molecular flexibility index (Phi) is 4.70. The van der Waals surface area contributed by atoms with Gasteiger partial charge in [-0.2, -0.15) is 0 Å². The van der Waals surface area contributed by atoms with Crippen molar-refractivity contribution in [3.63, 3.8) is 0 Å². The van der Waals surface area contributed by atoms with Crippen molar-refractivity contribution in [2.45, 2.75) is 19.9 Å². The summed E-state index contributed by atoms with van der Waals surface area (Å²) < 4.78 is 0. The Balaban J connectivity index is 2.09. The first-order valence-electron chi connectivity index (χ1n) is 6.65. The SMILES string of the molecule is Cc1ccc(NC(C)c2ccc(NC(N)=O)cc2)c(Cl)c1. The van der Waals surface area contributed by atoms with E-state index >= 15 is 0 Å². The number of amides is 2. The van der Waals surface area contributed by atoms with Gasteiger partial charge in [0.1, 0.15) is 0 Å². The number of urea groups is 1. The molecule has 0 heterocycles. The van der Waals surface area contributed by atoms with Gasteiger partial charge in [-0.1, -0.05) is 29.8 Å². The van der Waals surface area contributed by atoms with Crippen molar-refractivity contribution in [1.82, 2.24) is 0 Å². The fourth-order valence-electron chi connectivity index (χ4n) is 2.05. The summed E-state index contributed by atoms with van der Waals surface area (Å²) in [6.07, 6.45) is 0. The van der Waals surface area contributed by atoms with Gasteiger partial charge in [0.05, 0.1) is 10.7 Å². The zero-order valence-corrected chi connectivity index (χ0v) is 12.7. The molecular weight excluding hydrogens is 286 g/mol. The van der Waals surface area contributed by atoms with Crippen LogP contribution in [0.5, 0.6) is 0 Å². The van der Waals surface area contributed by atoms with Crippen LogP contribution in [0, 0.1) is 6.92 Å². The van der Waals surface area contributed by atoms with Crippen LogP contribution in [0.4, 0.5) is 16.2 Å². The molecule has 0 spiro atoms. The molecule has 2 amide bonds. The van der Waals surface area contributed by atoms with E-state index in [4.69, 9.17) is 17.3 Å². The number of aryl methyl sites for hydroxylation is 1. The second-order valence-corrected chi connectivity index (χ2v) is 5.37. The highest BCUT2D eigenvalue weighted by Crippen LogP contribution is 2.27. The Morgan fingerprint density at radius 2 is 1.86 bits per heavy atom. The molecule has 0 aromatic heterocycles. The Labute approximate surface area is 129 Å². The average Bonchev–Trinajstić information content (AvgIpc) is 2.42. The zero-order valence-electron chi connectivity index (χ0n) is 12.0. The first kappa shape index (κ1) is 15.2. The summed E-state index contributed by atoms with van der Waals surface area (Å²) in [6.45, 7) is 4.05. The monoisotopic (exact) mass is 303 g/mol. The van der Waals surface area contributed by atoms with Crippen molar-refractivity contribution in [3.05, 3.63) is 58.6 Å². The van der Waals surface area contributed by atoms with Gasteiger partial charge in [0.15, 0.2) is 0 Å². The normalized spacial score (nSPS) is 11.8. The van der Waals surface area contributed by atoms with Gasteiger partial charge in [0.2, 0.25) is 0 Å². The summed E-state index contributed by atoms with van der Waals surface area (Å²) in [5, 5.41) is 6.61. The molecule has 0 fully saturated rings. The molecule has 0 aliphatic rings. The van der Waals surface area contributed by atoms with Gasteiger partial charge in [0.25, 0.3) is 0 Å². The number of hydrogen-bond donors (Lipinski definition) is 3. The number of benzene rings is 2. The van der Waals surface area contributed by atoms with Crippen molar-refractivity contribution in [3.8, 4) is 0 Å². The van der Waals surface area contributed by atoms with Gasteiger partial charge in [-0.15, -0.1) is 0 Å². The summed E-state index contributed by atoms with van der Waals surface area (Å²) in [6, 6.07) is 12.9. The number of rotatable bonds is 4. The minimum absolute atomic E-state index is 0.0906. The van der Waals surface area contributed by atoms with Crippen LogP contribution in [0.2, 0.25) is 5.02 Å². The molecular formula is C16H18ClN3O. The predicted molar refractivity (Wildman–Crippen MR) is 87.9 cm³/mol. The van der Waals surface area contributed by atoms with E-state index in [1.165, 1.54) is 0 Å². The molecule has 21 heavy (non-hydrogen) atoms. The molecule has 5 heteroatoms. The number of hydrogen-bond acceptors (Lipinski definition) is 2. The number of nitrogens with one attached hydrogen (secondary N) is 2. The lowest BCUT2D eigenvalue weighted by molar-refractivity contribution is 0.259. The molecule has 1 unspecified atom stereocenters.